The number of amides is 1. The number of nitrogens with two attached hydrogens (primary N) is 1. The smallest absolute Gasteiger partial charge is 0.237 e. The maximum absolute atomic E-state index is 12.5. The third-order valence-corrected chi connectivity index (χ3v) is 5.64. The number of hydrogen-bond acceptors (Lipinski definition) is 6. The van der Waals surface area contributed by atoms with Gasteiger partial charge in [0.25, 0.3) is 0 Å². The Balaban J connectivity index is 1.58. The van der Waals surface area contributed by atoms with Crippen molar-refractivity contribution >= 4 is 23.4 Å². The van der Waals surface area contributed by atoms with Crippen LogP contribution in [0.3, 0.4) is 0 Å². The highest BCUT2D eigenvalue weighted by Crippen LogP contribution is 2.23. The topological polar surface area (TPSA) is 95.1 Å². The SMILES string of the molecule is CCc1ccc(NC(=O)[C@H](C)Sc2nnc(COc3cc(C)cc(C)c3)n2N)cc1. The Morgan fingerprint density at radius 3 is 2.47 bits per heavy atom. The zero-order valence-corrected chi connectivity index (χ0v) is 18.5. The second kappa shape index (κ2) is 9.67. The summed E-state index contributed by atoms with van der Waals surface area (Å²) in [5, 5.41) is 11.2. The van der Waals surface area contributed by atoms with E-state index in [4.69, 9.17) is 10.6 Å². The lowest BCUT2D eigenvalue weighted by Crippen LogP contribution is -2.24. The van der Waals surface area contributed by atoms with Crippen molar-refractivity contribution in [3.63, 3.8) is 0 Å². The number of rotatable bonds is 8. The molecule has 0 aliphatic carbocycles. The maximum atomic E-state index is 12.5. The van der Waals surface area contributed by atoms with Crippen molar-refractivity contribution in [3.8, 4) is 5.75 Å². The Morgan fingerprint density at radius 1 is 1.17 bits per heavy atom. The highest BCUT2D eigenvalue weighted by atomic mass is 32.2. The minimum absolute atomic E-state index is 0.125. The number of carbonyl (C=O) groups is 1. The molecule has 0 spiro atoms. The van der Waals surface area contributed by atoms with Crippen LogP contribution in [0.2, 0.25) is 0 Å². The van der Waals surface area contributed by atoms with E-state index in [2.05, 4.69) is 28.5 Å². The van der Waals surface area contributed by atoms with Gasteiger partial charge in [-0.25, -0.2) is 4.68 Å². The molecule has 1 amide bonds. The van der Waals surface area contributed by atoms with Crippen molar-refractivity contribution in [1.29, 1.82) is 0 Å². The van der Waals surface area contributed by atoms with Crippen LogP contribution in [0.25, 0.3) is 0 Å². The van der Waals surface area contributed by atoms with Gasteiger partial charge in [0, 0.05) is 5.69 Å². The van der Waals surface area contributed by atoms with Crippen molar-refractivity contribution in [1.82, 2.24) is 14.9 Å². The molecule has 3 rings (SSSR count). The Kier molecular flexibility index (Phi) is 6.99. The molecule has 3 aromatic rings. The van der Waals surface area contributed by atoms with Gasteiger partial charge in [-0.2, -0.15) is 0 Å². The van der Waals surface area contributed by atoms with E-state index in [0.29, 0.717) is 11.0 Å². The average Bonchev–Trinajstić information content (AvgIpc) is 3.05. The third kappa shape index (κ3) is 5.54. The normalized spacial score (nSPS) is 11.9. The van der Waals surface area contributed by atoms with Crippen LogP contribution in [0.1, 0.15) is 36.4 Å². The summed E-state index contributed by atoms with van der Waals surface area (Å²) < 4.78 is 7.17. The molecule has 0 aliphatic rings. The quantitative estimate of drug-likeness (QED) is 0.420. The molecular formula is C22H27N5O2S. The third-order valence-electron chi connectivity index (χ3n) is 4.58. The van der Waals surface area contributed by atoms with E-state index in [0.717, 1.165) is 29.0 Å². The second-order valence-corrected chi connectivity index (χ2v) is 8.49. The maximum Gasteiger partial charge on any atom is 0.237 e. The first kappa shape index (κ1) is 21.7. The molecule has 1 atom stereocenters. The average molecular weight is 426 g/mol. The summed E-state index contributed by atoms with van der Waals surface area (Å²) in [6.45, 7) is 8.13. The Bertz CT molecular complexity index is 997. The van der Waals surface area contributed by atoms with E-state index in [1.54, 1.807) is 6.92 Å². The summed E-state index contributed by atoms with van der Waals surface area (Å²) in [6, 6.07) is 13.8. The van der Waals surface area contributed by atoms with Gasteiger partial charge < -0.3 is 15.9 Å². The van der Waals surface area contributed by atoms with Crippen LogP contribution < -0.4 is 15.9 Å². The first-order valence-corrected chi connectivity index (χ1v) is 10.7. The summed E-state index contributed by atoms with van der Waals surface area (Å²) in [4.78, 5) is 12.5. The van der Waals surface area contributed by atoms with E-state index in [1.807, 2.05) is 50.2 Å². The molecule has 0 radical (unpaired) electrons. The van der Waals surface area contributed by atoms with Gasteiger partial charge >= 0.3 is 0 Å². The first-order valence-electron chi connectivity index (χ1n) is 9.82. The van der Waals surface area contributed by atoms with Gasteiger partial charge in [-0.1, -0.05) is 36.9 Å². The predicted molar refractivity (Wildman–Crippen MR) is 120 cm³/mol. The van der Waals surface area contributed by atoms with Crippen molar-refractivity contribution in [2.75, 3.05) is 11.2 Å². The highest BCUT2D eigenvalue weighted by molar-refractivity contribution is 8.00. The van der Waals surface area contributed by atoms with Crippen LogP contribution in [0.5, 0.6) is 5.75 Å². The van der Waals surface area contributed by atoms with Crippen LogP contribution in [0.4, 0.5) is 5.69 Å². The van der Waals surface area contributed by atoms with Crippen LogP contribution in [-0.4, -0.2) is 26.0 Å². The van der Waals surface area contributed by atoms with E-state index < -0.39 is 5.25 Å². The Hall–Kier alpha value is -3.00. The number of aromatic nitrogens is 3. The van der Waals surface area contributed by atoms with Gasteiger partial charge in [-0.05, 0) is 68.1 Å². The minimum atomic E-state index is -0.393. The summed E-state index contributed by atoms with van der Waals surface area (Å²) in [5.41, 5.74) is 4.24. The molecule has 0 saturated heterocycles. The van der Waals surface area contributed by atoms with Crippen molar-refractivity contribution in [2.45, 2.75) is 51.1 Å². The molecule has 7 nitrogen and oxygen atoms in total. The highest BCUT2D eigenvalue weighted by Gasteiger charge is 2.20. The van der Waals surface area contributed by atoms with Crippen LogP contribution in [0, 0.1) is 13.8 Å². The predicted octanol–water partition coefficient (Wildman–Crippen LogP) is 3.87. The largest absolute Gasteiger partial charge is 0.486 e. The van der Waals surface area contributed by atoms with E-state index in [1.165, 1.54) is 22.0 Å². The molecule has 3 N–H and O–H groups in total. The number of aryl methyl sites for hydroxylation is 3. The zero-order chi connectivity index (χ0) is 21.7. The van der Waals surface area contributed by atoms with Gasteiger partial charge in [0.05, 0.1) is 5.25 Å². The summed E-state index contributed by atoms with van der Waals surface area (Å²) in [5.74, 6) is 7.24. The molecule has 1 heterocycles. The number of nitrogen functional groups attached to an aromatic ring is 1. The molecule has 8 heteroatoms. The van der Waals surface area contributed by atoms with Gasteiger partial charge in [-0.3, -0.25) is 4.79 Å². The molecule has 0 fully saturated rings. The van der Waals surface area contributed by atoms with Gasteiger partial charge in [0.15, 0.2) is 5.82 Å². The lowest BCUT2D eigenvalue weighted by molar-refractivity contribution is -0.115. The number of nitrogens with one attached hydrogen (secondary N) is 1. The number of benzene rings is 2. The minimum Gasteiger partial charge on any atom is -0.486 e. The Labute approximate surface area is 181 Å². The van der Waals surface area contributed by atoms with Crippen molar-refractivity contribution < 1.29 is 9.53 Å². The Morgan fingerprint density at radius 2 is 1.83 bits per heavy atom. The van der Waals surface area contributed by atoms with E-state index >= 15 is 0 Å². The molecule has 1 aromatic heterocycles. The molecule has 0 bridgehead atoms. The summed E-state index contributed by atoms with van der Waals surface area (Å²) in [6.07, 6.45) is 0.960. The number of nitrogens with zero attached hydrogens (tertiary/aromatic N) is 3. The van der Waals surface area contributed by atoms with Crippen LogP contribution >= 0.6 is 11.8 Å². The number of anilines is 1. The summed E-state index contributed by atoms with van der Waals surface area (Å²) in [7, 11) is 0. The lowest BCUT2D eigenvalue weighted by atomic mass is 10.1. The van der Waals surface area contributed by atoms with E-state index in [-0.39, 0.29) is 12.5 Å². The monoisotopic (exact) mass is 425 g/mol. The number of thioether (sulfide) groups is 1. The number of carbonyl (C=O) groups excluding carboxylic acids is 1. The van der Waals surface area contributed by atoms with Gasteiger partial charge in [0.1, 0.15) is 12.4 Å². The fourth-order valence-corrected chi connectivity index (χ4v) is 3.72. The number of ether oxygens (including phenoxy) is 1. The second-order valence-electron chi connectivity index (χ2n) is 7.18. The van der Waals surface area contributed by atoms with Gasteiger partial charge in [-0.15, -0.1) is 10.2 Å². The van der Waals surface area contributed by atoms with Crippen molar-refractivity contribution in [3.05, 3.63) is 65.0 Å². The zero-order valence-electron chi connectivity index (χ0n) is 17.7. The fraction of sp³-hybridized carbons (Fsp3) is 0.318. The molecule has 158 valence electrons. The molecule has 0 aliphatic heterocycles. The standard InChI is InChI=1S/C22H27N5O2S/c1-5-17-6-8-18(9-7-17)24-21(28)16(4)30-22-26-25-20(27(22)23)13-29-19-11-14(2)10-15(3)12-19/h6-12,16H,5,13,23H2,1-4H3,(H,24,28)/t16-/m0/s1. The molecule has 30 heavy (non-hydrogen) atoms. The molecule has 0 unspecified atom stereocenters. The van der Waals surface area contributed by atoms with Crippen LogP contribution in [0.15, 0.2) is 47.6 Å². The molecular weight excluding hydrogens is 398 g/mol. The lowest BCUT2D eigenvalue weighted by Gasteiger charge is -2.12. The summed E-state index contributed by atoms with van der Waals surface area (Å²) >= 11 is 1.25. The molecule has 0 saturated carbocycles. The fourth-order valence-electron chi connectivity index (χ4n) is 2.93. The van der Waals surface area contributed by atoms with Gasteiger partial charge in [0.2, 0.25) is 11.1 Å². The first-order chi connectivity index (χ1) is 14.4. The molecule has 2 aromatic carbocycles. The number of hydrogen-bond donors (Lipinski definition) is 2. The van der Waals surface area contributed by atoms with Crippen molar-refractivity contribution in [2.24, 2.45) is 0 Å². The van der Waals surface area contributed by atoms with Crippen LogP contribution in [-0.2, 0) is 17.8 Å². The van der Waals surface area contributed by atoms with E-state index in [9.17, 15) is 4.79 Å².